The molecule has 0 spiro atoms. The van der Waals surface area contributed by atoms with Crippen LogP contribution in [0.25, 0.3) is 11.3 Å². The van der Waals surface area contributed by atoms with Gasteiger partial charge in [0.25, 0.3) is 0 Å². The van der Waals surface area contributed by atoms with Crippen molar-refractivity contribution in [3.05, 3.63) is 35.2 Å². The summed E-state index contributed by atoms with van der Waals surface area (Å²) in [6.07, 6.45) is 2.22. The quantitative estimate of drug-likeness (QED) is 0.934. The number of aromatic nitrogens is 2. The zero-order valence-electron chi connectivity index (χ0n) is 12.1. The molecule has 3 rings (SSSR count). The number of nitrogen functional groups attached to an aromatic ring is 1. The van der Waals surface area contributed by atoms with E-state index < -0.39 is 0 Å². The topological polar surface area (TPSA) is 84.8 Å². The molecule has 21 heavy (non-hydrogen) atoms. The summed E-state index contributed by atoms with van der Waals surface area (Å²) in [5.74, 6) is 2.37. The number of nitrogens with two attached hydrogens (primary N) is 1. The Balaban J connectivity index is 2.21. The number of nitrogens with zero attached hydrogens (tertiary/aromatic N) is 3. The molecule has 1 heterocycles. The lowest BCUT2D eigenvalue weighted by molar-refractivity contribution is 0.416. The van der Waals surface area contributed by atoms with E-state index in [0.717, 1.165) is 35.5 Å². The van der Waals surface area contributed by atoms with Gasteiger partial charge in [-0.1, -0.05) is 0 Å². The first-order valence-corrected chi connectivity index (χ1v) is 6.86. The van der Waals surface area contributed by atoms with E-state index in [1.165, 1.54) is 0 Å². The lowest BCUT2D eigenvalue weighted by atomic mass is 10.0. The van der Waals surface area contributed by atoms with Crippen molar-refractivity contribution in [3.63, 3.8) is 0 Å². The molecule has 106 valence electrons. The first kappa shape index (κ1) is 13.4. The monoisotopic (exact) mass is 280 g/mol. The number of hydrogen-bond donors (Lipinski definition) is 1. The molecule has 0 radical (unpaired) electrons. The van der Waals surface area contributed by atoms with Gasteiger partial charge in [-0.05, 0) is 38.0 Å². The second-order valence-electron chi connectivity index (χ2n) is 5.24. The van der Waals surface area contributed by atoms with E-state index >= 15 is 0 Å². The van der Waals surface area contributed by atoms with Crippen LogP contribution in [0.2, 0.25) is 0 Å². The maximum absolute atomic E-state index is 9.10. The van der Waals surface area contributed by atoms with E-state index in [9.17, 15) is 0 Å². The Morgan fingerprint density at radius 2 is 2.10 bits per heavy atom. The third-order valence-electron chi connectivity index (χ3n) is 3.73. The molecule has 0 bridgehead atoms. The molecule has 1 aromatic heterocycles. The van der Waals surface area contributed by atoms with Crippen molar-refractivity contribution in [2.75, 3.05) is 12.8 Å². The van der Waals surface area contributed by atoms with Crippen LogP contribution in [0.15, 0.2) is 18.2 Å². The Hall–Kier alpha value is -2.61. The maximum atomic E-state index is 9.10. The smallest absolute Gasteiger partial charge is 0.134 e. The van der Waals surface area contributed by atoms with Crippen molar-refractivity contribution in [1.82, 2.24) is 9.97 Å². The van der Waals surface area contributed by atoms with Crippen molar-refractivity contribution in [2.45, 2.75) is 25.7 Å². The summed E-state index contributed by atoms with van der Waals surface area (Å²) in [6, 6.07) is 7.43. The molecule has 1 aliphatic carbocycles. The molecule has 0 saturated heterocycles. The molecule has 2 aromatic rings. The highest BCUT2D eigenvalue weighted by Crippen LogP contribution is 2.41. The predicted octanol–water partition coefficient (Wildman–Crippen LogP) is 2.79. The van der Waals surface area contributed by atoms with E-state index in [2.05, 4.69) is 16.0 Å². The van der Waals surface area contributed by atoms with Crippen LogP contribution >= 0.6 is 0 Å². The normalized spacial score (nSPS) is 13.8. The van der Waals surface area contributed by atoms with Gasteiger partial charge >= 0.3 is 0 Å². The van der Waals surface area contributed by atoms with Gasteiger partial charge in [0.1, 0.15) is 17.4 Å². The predicted molar refractivity (Wildman–Crippen MR) is 79.9 cm³/mol. The van der Waals surface area contributed by atoms with E-state index in [1.54, 1.807) is 25.3 Å². The average Bonchev–Trinajstić information content (AvgIpc) is 3.34. The number of rotatable bonds is 3. The Morgan fingerprint density at radius 3 is 2.71 bits per heavy atom. The first-order valence-electron chi connectivity index (χ1n) is 6.86. The Labute approximate surface area is 123 Å². The van der Waals surface area contributed by atoms with Gasteiger partial charge < -0.3 is 10.5 Å². The van der Waals surface area contributed by atoms with Crippen LogP contribution in [0.3, 0.4) is 0 Å². The van der Waals surface area contributed by atoms with E-state index in [-0.39, 0.29) is 0 Å². The van der Waals surface area contributed by atoms with Gasteiger partial charge in [0.2, 0.25) is 0 Å². The number of nitriles is 1. The minimum atomic E-state index is 0.414. The van der Waals surface area contributed by atoms with Gasteiger partial charge in [0, 0.05) is 17.0 Å². The van der Waals surface area contributed by atoms with Crippen LogP contribution in [-0.2, 0) is 0 Å². The molecule has 5 heteroatoms. The maximum Gasteiger partial charge on any atom is 0.134 e. The van der Waals surface area contributed by atoms with Crippen molar-refractivity contribution in [3.8, 4) is 23.1 Å². The van der Waals surface area contributed by atoms with Crippen LogP contribution in [0.4, 0.5) is 5.82 Å². The van der Waals surface area contributed by atoms with Gasteiger partial charge in [-0.15, -0.1) is 0 Å². The minimum absolute atomic E-state index is 0.414. The summed E-state index contributed by atoms with van der Waals surface area (Å²) in [5.41, 5.74) is 8.94. The molecular formula is C16H16N4O. The SMILES string of the molecule is COc1ccc(C#N)cc1-c1nc(C2CC2)nc(N)c1C. The molecule has 1 fully saturated rings. The molecule has 1 aliphatic rings. The van der Waals surface area contributed by atoms with Crippen LogP contribution in [0.1, 0.15) is 35.7 Å². The Kier molecular flexibility index (Phi) is 3.22. The summed E-state index contributed by atoms with van der Waals surface area (Å²) < 4.78 is 5.40. The molecule has 2 N–H and O–H groups in total. The third kappa shape index (κ3) is 2.40. The number of hydrogen-bond acceptors (Lipinski definition) is 5. The van der Waals surface area contributed by atoms with Crippen molar-refractivity contribution < 1.29 is 4.74 Å². The molecule has 5 nitrogen and oxygen atoms in total. The molecule has 0 aliphatic heterocycles. The highest BCUT2D eigenvalue weighted by atomic mass is 16.5. The zero-order chi connectivity index (χ0) is 15.0. The summed E-state index contributed by atoms with van der Waals surface area (Å²) in [7, 11) is 1.60. The van der Waals surface area contributed by atoms with Gasteiger partial charge in [0.05, 0.1) is 24.4 Å². The van der Waals surface area contributed by atoms with Gasteiger partial charge in [0.15, 0.2) is 0 Å². The summed E-state index contributed by atoms with van der Waals surface area (Å²) >= 11 is 0. The molecule has 0 atom stereocenters. The Bertz CT molecular complexity index is 745. The molecule has 1 saturated carbocycles. The van der Waals surface area contributed by atoms with Crippen LogP contribution in [-0.4, -0.2) is 17.1 Å². The fourth-order valence-electron chi connectivity index (χ4n) is 2.30. The number of methoxy groups -OCH3 is 1. The standard InChI is InChI=1S/C16H16N4O/c1-9-14(19-16(11-4-5-11)20-15(9)18)12-7-10(8-17)3-6-13(12)21-2/h3,6-7,11H,4-5H2,1-2H3,(H2,18,19,20). The van der Waals surface area contributed by atoms with Crippen LogP contribution in [0.5, 0.6) is 5.75 Å². The van der Waals surface area contributed by atoms with Crippen molar-refractivity contribution in [1.29, 1.82) is 5.26 Å². The van der Waals surface area contributed by atoms with Crippen molar-refractivity contribution >= 4 is 5.82 Å². The second kappa shape index (κ2) is 5.06. The minimum Gasteiger partial charge on any atom is -0.496 e. The largest absolute Gasteiger partial charge is 0.496 e. The van der Waals surface area contributed by atoms with Crippen LogP contribution < -0.4 is 10.5 Å². The number of anilines is 1. The molecule has 1 aromatic carbocycles. The zero-order valence-corrected chi connectivity index (χ0v) is 12.1. The number of benzene rings is 1. The van der Waals surface area contributed by atoms with E-state index in [1.807, 2.05) is 6.92 Å². The lowest BCUT2D eigenvalue weighted by Crippen LogP contribution is -2.05. The van der Waals surface area contributed by atoms with Crippen molar-refractivity contribution in [2.24, 2.45) is 0 Å². The second-order valence-corrected chi connectivity index (χ2v) is 5.24. The third-order valence-corrected chi connectivity index (χ3v) is 3.73. The van der Waals surface area contributed by atoms with Gasteiger partial charge in [-0.3, -0.25) is 0 Å². The summed E-state index contributed by atoms with van der Waals surface area (Å²) in [4.78, 5) is 9.05. The molecule has 0 amide bonds. The lowest BCUT2D eigenvalue weighted by Gasteiger charge is -2.13. The summed E-state index contributed by atoms with van der Waals surface area (Å²) in [5, 5.41) is 9.10. The van der Waals surface area contributed by atoms with E-state index in [4.69, 9.17) is 15.7 Å². The average molecular weight is 280 g/mol. The first-order chi connectivity index (χ1) is 10.1. The highest BCUT2D eigenvalue weighted by molar-refractivity contribution is 5.74. The Morgan fingerprint density at radius 1 is 1.33 bits per heavy atom. The van der Waals surface area contributed by atoms with Gasteiger partial charge in [-0.25, -0.2) is 9.97 Å². The highest BCUT2D eigenvalue weighted by Gasteiger charge is 2.28. The molecular weight excluding hydrogens is 264 g/mol. The summed E-state index contributed by atoms with van der Waals surface area (Å²) in [6.45, 7) is 1.89. The fourth-order valence-corrected chi connectivity index (χ4v) is 2.30. The van der Waals surface area contributed by atoms with Crippen LogP contribution in [0, 0.1) is 18.3 Å². The number of ether oxygens (including phenoxy) is 1. The van der Waals surface area contributed by atoms with E-state index in [0.29, 0.717) is 23.0 Å². The van der Waals surface area contributed by atoms with Gasteiger partial charge in [-0.2, -0.15) is 5.26 Å². The molecule has 0 unspecified atom stereocenters. The fraction of sp³-hybridized carbons (Fsp3) is 0.312.